The number of nitrogens with one attached hydrogen (secondary N) is 1. The molecule has 114 valence electrons. The SMILES string of the molecule is CCN1CCOC(=O)[C@H]1CC(=O)Nc1ccc(Cl)cc1Cl. The molecule has 1 aliphatic heterocycles. The Morgan fingerprint density at radius 2 is 2.24 bits per heavy atom. The van der Waals surface area contributed by atoms with Crippen molar-refractivity contribution in [2.45, 2.75) is 19.4 Å². The molecule has 21 heavy (non-hydrogen) atoms. The molecule has 0 radical (unpaired) electrons. The second-order valence-corrected chi connectivity index (χ2v) is 5.53. The first-order valence-electron chi connectivity index (χ1n) is 6.67. The molecule has 1 fully saturated rings. The number of anilines is 1. The topological polar surface area (TPSA) is 58.6 Å². The predicted molar refractivity (Wildman–Crippen MR) is 81.7 cm³/mol. The van der Waals surface area contributed by atoms with Gasteiger partial charge in [-0.1, -0.05) is 30.1 Å². The van der Waals surface area contributed by atoms with Crippen molar-refractivity contribution in [1.82, 2.24) is 4.90 Å². The van der Waals surface area contributed by atoms with Gasteiger partial charge in [0.2, 0.25) is 5.91 Å². The summed E-state index contributed by atoms with van der Waals surface area (Å²) in [4.78, 5) is 25.8. The number of halogens is 2. The van der Waals surface area contributed by atoms with Gasteiger partial charge in [0.1, 0.15) is 12.6 Å². The summed E-state index contributed by atoms with van der Waals surface area (Å²) in [5, 5.41) is 3.53. The van der Waals surface area contributed by atoms with Crippen molar-refractivity contribution in [1.29, 1.82) is 0 Å². The van der Waals surface area contributed by atoms with E-state index in [1.807, 2.05) is 11.8 Å². The molecule has 1 atom stereocenters. The van der Waals surface area contributed by atoms with Crippen LogP contribution in [0.5, 0.6) is 0 Å². The Labute approximate surface area is 133 Å². The second kappa shape index (κ2) is 7.11. The molecule has 0 saturated carbocycles. The molecular formula is C14H16Cl2N2O3. The number of nitrogens with zero attached hydrogens (tertiary/aromatic N) is 1. The minimum Gasteiger partial charge on any atom is -0.463 e. The molecule has 0 unspecified atom stereocenters. The van der Waals surface area contributed by atoms with Gasteiger partial charge in [0.05, 0.1) is 17.1 Å². The molecule has 0 aliphatic carbocycles. The van der Waals surface area contributed by atoms with Crippen LogP contribution in [0.15, 0.2) is 18.2 Å². The molecule has 1 amide bonds. The summed E-state index contributed by atoms with van der Waals surface area (Å²) < 4.78 is 5.01. The van der Waals surface area contributed by atoms with E-state index in [0.29, 0.717) is 35.4 Å². The van der Waals surface area contributed by atoms with Crippen LogP contribution in [0.25, 0.3) is 0 Å². The average molecular weight is 331 g/mol. The number of benzene rings is 1. The summed E-state index contributed by atoms with van der Waals surface area (Å²) in [5.41, 5.74) is 0.471. The van der Waals surface area contributed by atoms with Crippen molar-refractivity contribution in [2.24, 2.45) is 0 Å². The van der Waals surface area contributed by atoms with E-state index in [0.717, 1.165) is 0 Å². The van der Waals surface area contributed by atoms with E-state index >= 15 is 0 Å². The molecule has 1 aliphatic rings. The monoisotopic (exact) mass is 330 g/mol. The van der Waals surface area contributed by atoms with Crippen molar-refractivity contribution < 1.29 is 14.3 Å². The molecule has 1 heterocycles. The van der Waals surface area contributed by atoms with Crippen LogP contribution in [-0.4, -0.2) is 42.5 Å². The number of morpholine rings is 1. The highest BCUT2D eigenvalue weighted by Gasteiger charge is 2.32. The largest absolute Gasteiger partial charge is 0.463 e. The van der Waals surface area contributed by atoms with Gasteiger partial charge in [-0.2, -0.15) is 0 Å². The van der Waals surface area contributed by atoms with E-state index in [-0.39, 0.29) is 18.3 Å². The zero-order valence-electron chi connectivity index (χ0n) is 11.6. The van der Waals surface area contributed by atoms with Gasteiger partial charge in [-0.15, -0.1) is 0 Å². The third-order valence-electron chi connectivity index (χ3n) is 3.33. The van der Waals surface area contributed by atoms with Crippen molar-refractivity contribution in [3.63, 3.8) is 0 Å². The lowest BCUT2D eigenvalue weighted by Crippen LogP contribution is -2.50. The first-order valence-corrected chi connectivity index (χ1v) is 7.42. The molecule has 1 aromatic carbocycles. The number of hydrogen-bond donors (Lipinski definition) is 1. The second-order valence-electron chi connectivity index (χ2n) is 4.69. The van der Waals surface area contributed by atoms with Crippen LogP contribution < -0.4 is 5.32 Å². The van der Waals surface area contributed by atoms with Crippen LogP contribution >= 0.6 is 23.2 Å². The summed E-state index contributed by atoms with van der Waals surface area (Å²) in [5.74, 6) is -0.651. The van der Waals surface area contributed by atoms with E-state index in [4.69, 9.17) is 27.9 Å². The predicted octanol–water partition coefficient (Wildman–Crippen LogP) is 2.57. The third kappa shape index (κ3) is 4.09. The average Bonchev–Trinajstić information content (AvgIpc) is 2.44. The Morgan fingerprint density at radius 1 is 1.48 bits per heavy atom. The van der Waals surface area contributed by atoms with Gasteiger partial charge in [0.15, 0.2) is 0 Å². The molecule has 1 saturated heterocycles. The maximum absolute atomic E-state index is 12.1. The lowest BCUT2D eigenvalue weighted by Gasteiger charge is -2.32. The molecule has 1 aromatic rings. The number of rotatable bonds is 4. The number of esters is 1. The molecular weight excluding hydrogens is 315 g/mol. The van der Waals surface area contributed by atoms with Crippen LogP contribution in [0.1, 0.15) is 13.3 Å². The maximum atomic E-state index is 12.1. The normalized spacial score (nSPS) is 19.2. The van der Waals surface area contributed by atoms with Crippen LogP contribution in [0.3, 0.4) is 0 Å². The van der Waals surface area contributed by atoms with Gasteiger partial charge >= 0.3 is 5.97 Å². The maximum Gasteiger partial charge on any atom is 0.323 e. The highest BCUT2D eigenvalue weighted by molar-refractivity contribution is 6.36. The third-order valence-corrected chi connectivity index (χ3v) is 3.87. The minimum absolute atomic E-state index is 0.0334. The highest BCUT2D eigenvalue weighted by atomic mass is 35.5. The lowest BCUT2D eigenvalue weighted by atomic mass is 10.1. The highest BCUT2D eigenvalue weighted by Crippen LogP contribution is 2.25. The summed E-state index contributed by atoms with van der Waals surface area (Å²) >= 11 is 11.8. The number of carbonyl (C=O) groups is 2. The first kappa shape index (κ1) is 16.1. The van der Waals surface area contributed by atoms with Gasteiger partial charge < -0.3 is 10.1 Å². The number of ether oxygens (including phenoxy) is 1. The minimum atomic E-state index is -0.546. The van der Waals surface area contributed by atoms with E-state index in [1.54, 1.807) is 18.2 Å². The number of cyclic esters (lactones) is 1. The van der Waals surface area contributed by atoms with Crippen LogP contribution in [0.4, 0.5) is 5.69 Å². The molecule has 1 N–H and O–H groups in total. The number of hydrogen-bond acceptors (Lipinski definition) is 4. The van der Waals surface area contributed by atoms with Crippen molar-refractivity contribution in [3.05, 3.63) is 28.2 Å². The fraction of sp³-hybridized carbons (Fsp3) is 0.429. The summed E-state index contributed by atoms with van der Waals surface area (Å²) in [6, 6.07) is 4.26. The molecule has 0 aromatic heterocycles. The number of likely N-dealkylation sites (N-methyl/N-ethyl adjacent to an activating group) is 1. The molecule has 0 spiro atoms. The van der Waals surface area contributed by atoms with Gasteiger partial charge in [-0.05, 0) is 24.7 Å². The first-order chi connectivity index (χ1) is 10.0. The fourth-order valence-electron chi connectivity index (χ4n) is 2.22. The Kier molecular flexibility index (Phi) is 5.45. The van der Waals surface area contributed by atoms with Gasteiger partial charge in [-0.3, -0.25) is 14.5 Å². The standard InChI is InChI=1S/C14H16Cl2N2O3/c1-2-18-5-6-21-14(20)12(18)8-13(19)17-11-4-3-9(15)7-10(11)16/h3-4,7,12H,2,5-6,8H2,1H3,(H,17,19)/t12-/m1/s1. The zero-order chi connectivity index (χ0) is 15.4. The van der Waals surface area contributed by atoms with E-state index < -0.39 is 6.04 Å². The van der Waals surface area contributed by atoms with E-state index in [1.165, 1.54) is 0 Å². The van der Waals surface area contributed by atoms with Crippen LogP contribution in [0, 0.1) is 0 Å². The van der Waals surface area contributed by atoms with E-state index in [9.17, 15) is 9.59 Å². The molecule has 7 heteroatoms. The number of amides is 1. The van der Waals surface area contributed by atoms with Crippen LogP contribution in [-0.2, 0) is 14.3 Å². The summed E-state index contributed by atoms with van der Waals surface area (Å²) in [6.45, 7) is 3.64. The Bertz CT molecular complexity index is 551. The zero-order valence-corrected chi connectivity index (χ0v) is 13.1. The van der Waals surface area contributed by atoms with E-state index in [2.05, 4.69) is 5.32 Å². The summed E-state index contributed by atoms with van der Waals surface area (Å²) in [6.07, 6.45) is 0.0334. The van der Waals surface area contributed by atoms with Crippen molar-refractivity contribution in [3.8, 4) is 0 Å². The quantitative estimate of drug-likeness (QED) is 0.862. The smallest absolute Gasteiger partial charge is 0.323 e. The van der Waals surface area contributed by atoms with Gasteiger partial charge in [-0.25, -0.2) is 0 Å². The molecule has 2 rings (SSSR count). The number of carbonyl (C=O) groups excluding carboxylic acids is 2. The Hall–Kier alpha value is -1.30. The fourth-order valence-corrected chi connectivity index (χ4v) is 2.68. The Morgan fingerprint density at radius 3 is 2.90 bits per heavy atom. The van der Waals surface area contributed by atoms with Crippen molar-refractivity contribution in [2.75, 3.05) is 25.0 Å². The molecule has 0 bridgehead atoms. The Balaban J connectivity index is 2.01. The lowest BCUT2D eigenvalue weighted by molar-refractivity contribution is -0.158. The van der Waals surface area contributed by atoms with Crippen LogP contribution in [0.2, 0.25) is 10.0 Å². The van der Waals surface area contributed by atoms with Gasteiger partial charge in [0.25, 0.3) is 0 Å². The van der Waals surface area contributed by atoms with Crippen molar-refractivity contribution >= 4 is 40.8 Å². The summed E-state index contributed by atoms with van der Waals surface area (Å²) in [7, 11) is 0. The molecule has 5 nitrogen and oxygen atoms in total. The van der Waals surface area contributed by atoms with Gasteiger partial charge in [0, 0.05) is 11.6 Å².